The van der Waals surface area contributed by atoms with Gasteiger partial charge in [-0.15, -0.1) is 0 Å². The number of hydrogen-bond acceptors (Lipinski definition) is 3. The largest absolute Gasteiger partial charge is 0.505 e. The molecule has 126 valence electrons. The fraction of sp³-hybridized carbons (Fsp3) is 0. The summed E-state index contributed by atoms with van der Waals surface area (Å²) in [6.45, 7) is 0. The van der Waals surface area contributed by atoms with Gasteiger partial charge in [-0.25, -0.2) is 0 Å². The Balaban J connectivity index is 1.76. The Hall–Kier alpha value is -3.59. The Labute approximate surface area is 152 Å². The predicted molar refractivity (Wildman–Crippen MR) is 108 cm³/mol. The SMILES string of the molecule is Oc1c(NN=C(c2ccccc2)c2ccccc2)ccc2ccccc12. The normalized spacial score (nSPS) is 10.5. The number of benzene rings is 4. The summed E-state index contributed by atoms with van der Waals surface area (Å²) in [5.41, 5.74) is 6.45. The lowest BCUT2D eigenvalue weighted by atomic mass is 10.0. The van der Waals surface area contributed by atoms with Crippen LogP contribution in [0.1, 0.15) is 11.1 Å². The molecule has 3 heteroatoms. The molecular weight excluding hydrogens is 320 g/mol. The van der Waals surface area contributed by atoms with Crippen molar-refractivity contribution in [3.63, 3.8) is 0 Å². The van der Waals surface area contributed by atoms with Crippen molar-refractivity contribution in [3.8, 4) is 5.75 Å². The summed E-state index contributed by atoms with van der Waals surface area (Å²) in [4.78, 5) is 0. The first-order valence-electron chi connectivity index (χ1n) is 8.48. The molecule has 0 heterocycles. The minimum Gasteiger partial charge on any atom is -0.505 e. The summed E-state index contributed by atoms with van der Waals surface area (Å²) < 4.78 is 0. The molecule has 3 nitrogen and oxygen atoms in total. The van der Waals surface area contributed by atoms with Gasteiger partial charge in [0, 0.05) is 16.5 Å². The number of nitrogens with one attached hydrogen (secondary N) is 1. The highest BCUT2D eigenvalue weighted by Gasteiger charge is 2.09. The van der Waals surface area contributed by atoms with Gasteiger partial charge in [-0.3, -0.25) is 5.43 Å². The van der Waals surface area contributed by atoms with Gasteiger partial charge >= 0.3 is 0 Å². The lowest BCUT2D eigenvalue weighted by molar-refractivity contribution is 0.483. The van der Waals surface area contributed by atoms with E-state index in [9.17, 15) is 5.11 Å². The topological polar surface area (TPSA) is 44.6 Å². The molecule has 0 spiro atoms. The molecule has 4 rings (SSSR count). The third-order valence-electron chi connectivity index (χ3n) is 4.28. The molecule has 2 N–H and O–H groups in total. The standard InChI is InChI=1S/C23H18N2O/c26-23-20-14-8-7-9-17(20)15-16-21(23)24-25-22(18-10-3-1-4-11-18)19-12-5-2-6-13-19/h1-16,24,26H. The van der Waals surface area contributed by atoms with E-state index in [0.29, 0.717) is 5.69 Å². The number of nitrogens with zero attached hydrogens (tertiary/aromatic N) is 1. The zero-order valence-corrected chi connectivity index (χ0v) is 14.1. The highest BCUT2D eigenvalue weighted by Crippen LogP contribution is 2.32. The molecule has 26 heavy (non-hydrogen) atoms. The predicted octanol–water partition coefficient (Wildman–Crippen LogP) is 5.41. The maximum Gasteiger partial charge on any atom is 0.148 e. The number of hydrazone groups is 1. The number of phenols is 1. The Morgan fingerprint density at radius 2 is 1.23 bits per heavy atom. The van der Waals surface area contributed by atoms with Crippen LogP contribution in [0.15, 0.2) is 102 Å². The van der Waals surface area contributed by atoms with Gasteiger partial charge in [0.05, 0.1) is 11.4 Å². The molecule has 0 aliphatic rings. The molecule has 0 unspecified atom stereocenters. The highest BCUT2D eigenvalue weighted by molar-refractivity contribution is 6.13. The van der Waals surface area contributed by atoms with Gasteiger partial charge in [0.1, 0.15) is 5.75 Å². The van der Waals surface area contributed by atoms with E-state index in [4.69, 9.17) is 0 Å². The number of rotatable bonds is 4. The van der Waals surface area contributed by atoms with E-state index < -0.39 is 0 Å². The number of fused-ring (bicyclic) bond motifs is 1. The summed E-state index contributed by atoms with van der Waals surface area (Å²) >= 11 is 0. The average molecular weight is 338 g/mol. The zero-order chi connectivity index (χ0) is 17.8. The lowest BCUT2D eigenvalue weighted by Crippen LogP contribution is -2.06. The fourth-order valence-corrected chi connectivity index (χ4v) is 2.95. The molecule has 0 saturated heterocycles. The summed E-state index contributed by atoms with van der Waals surface area (Å²) in [6.07, 6.45) is 0. The van der Waals surface area contributed by atoms with E-state index in [1.165, 1.54) is 0 Å². The van der Waals surface area contributed by atoms with Crippen LogP contribution in [0.3, 0.4) is 0 Å². The summed E-state index contributed by atoms with van der Waals surface area (Å²) in [5, 5.41) is 17.0. The van der Waals surface area contributed by atoms with Crippen molar-refractivity contribution < 1.29 is 5.11 Å². The molecule has 0 saturated carbocycles. The highest BCUT2D eigenvalue weighted by atomic mass is 16.3. The first-order chi connectivity index (χ1) is 12.8. The van der Waals surface area contributed by atoms with Crippen molar-refractivity contribution in [3.05, 3.63) is 108 Å². The molecule has 0 fully saturated rings. The van der Waals surface area contributed by atoms with Gasteiger partial charge in [0.2, 0.25) is 0 Å². The van der Waals surface area contributed by atoms with E-state index in [1.807, 2.05) is 97.1 Å². The molecular formula is C23H18N2O. The zero-order valence-electron chi connectivity index (χ0n) is 14.1. The van der Waals surface area contributed by atoms with Crippen molar-refractivity contribution in [2.75, 3.05) is 5.43 Å². The third-order valence-corrected chi connectivity index (χ3v) is 4.28. The van der Waals surface area contributed by atoms with Crippen molar-refractivity contribution >= 4 is 22.2 Å². The maximum atomic E-state index is 10.6. The molecule has 4 aromatic carbocycles. The Morgan fingerprint density at radius 3 is 1.88 bits per heavy atom. The van der Waals surface area contributed by atoms with Crippen LogP contribution >= 0.6 is 0 Å². The molecule has 0 aliphatic heterocycles. The van der Waals surface area contributed by atoms with Gasteiger partial charge in [-0.2, -0.15) is 5.10 Å². The van der Waals surface area contributed by atoms with Gasteiger partial charge in [0.25, 0.3) is 0 Å². The maximum absolute atomic E-state index is 10.6. The minimum atomic E-state index is 0.201. The number of aromatic hydroxyl groups is 1. The smallest absolute Gasteiger partial charge is 0.148 e. The fourth-order valence-electron chi connectivity index (χ4n) is 2.95. The van der Waals surface area contributed by atoms with Crippen molar-refractivity contribution in [2.24, 2.45) is 5.10 Å². The lowest BCUT2D eigenvalue weighted by Gasteiger charge is -2.11. The third kappa shape index (κ3) is 3.15. The van der Waals surface area contributed by atoms with Crippen LogP contribution < -0.4 is 5.43 Å². The van der Waals surface area contributed by atoms with E-state index in [0.717, 1.165) is 27.6 Å². The number of hydrogen-bond donors (Lipinski definition) is 2. The Kier molecular flexibility index (Phi) is 4.35. The first kappa shape index (κ1) is 15.9. The minimum absolute atomic E-state index is 0.201. The van der Waals surface area contributed by atoms with E-state index in [2.05, 4.69) is 10.5 Å². The van der Waals surface area contributed by atoms with Gasteiger partial charge in [0.15, 0.2) is 0 Å². The van der Waals surface area contributed by atoms with Crippen LogP contribution in [0.2, 0.25) is 0 Å². The van der Waals surface area contributed by atoms with E-state index in [-0.39, 0.29) is 5.75 Å². The average Bonchev–Trinajstić information content (AvgIpc) is 2.71. The Bertz CT molecular complexity index is 1020. The van der Waals surface area contributed by atoms with Crippen LogP contribution in [0.4, 0.5) is 5.69 Å². The van der Waals surface area contributed by atoms with Crippen LogP contribution in [0.5, 0.6) is 5.75 Å². The van der Waals surface area contributed by atoms with Crippen LogP contribution in [0.25, 0.3) is 10.8 Å². The summed E-state index contributed by atoms with van der Waals surface area (Å²) in [5.74, 6) is 0.201. The number of phenolic OH excluding ortho intramolecular Hbond substituents is 1. The number of anilines is 1. The summed E-state index contributed by atoms with van der Waals surface area (Å²) in [6, 6.07) is 31.5. The molecule has 0 bridgehead atoms. The second-order valence-electron chi connectivity index (χ2n) is 5.99. The van der Waals surface area contributed by atoms with Crippen LogP contribution in [-0.2, 0) is 0 Å². The van der Waals surface area contributed by atoms with Crippen LogP contribution in [0, 0.1) is 0 Å². The molecule has 4 aromatic rings. The monoisotopic (exact) mass is 338 g/mol. The Morgan fingerprint density at radius 1 is 0.654 bits per heavy atom. The van der Waals surface area contributed by atoms with Gasteiger partial charge < -0.3 is 5.11 Å². The second-order valence-corrected chi connectivity index (χ2v) is 5.99. The van der Waals surface area contributed by atoms with E-state index in [1.54, 1.807) is 0 Å². The van der Waals surface area contributed by atoms with E-state index >= 15 is 0 Å². The van der Waals surface area contributed by atoms with Crippen LogP contribution in [-0.4, -0.2) is 10.8 Å². The molecule has 0 aliphatic carbocycles. The quantitative estimate of drug-likeness (QED) is 0.297. The molecule has 0 aromatic heterocycles. The van der Waals surface area contributed by atoms with Crippen molar-refractivity contribution in [1.82, 2.24) is 0 Å². The van der Waals surface area contributed by atoms with Gasteiger partial charge in [-0.1, -0.05) is 91.0 Å². The molecule has 0 atom stereocenters. The molecule has 0 amide bonds. The van der Waals surface area contributed by atoms with Gasteiger partial charge in [-0.05, 0) is 11.5 Å². The second kappa shape index (κ2) is 7.11. The molecule has 0 radical (unpaired) electrons. The first-order valence-corrected chi connectivity index (χ1v) is 8.48. The van der Waals surface area contributed by atoms with Crippen molar-refractivity contribution in [1.29, 1.82) is 0 Å². The summed E-state index contributed by atoms with van der Waals surface area (Å²) in [7, 11) is 0. The van der Waals surface area contributed by atoms with Crippen molar-refractivity contribution in [2.45, 2.75) is 0 Å².